The van der Waals surface area contributed by atoms with E-state index in [1.165, 1.54) is 5.82 Å². The molecule has 3 aliphatic rings. The SMILES string of the molecule is CCc1cc(N2CCN([C@@H]3CN[C@H](C(=O)N4CCSC4)C3)CC2)n(-c2ccccc2)n1. The molecule has 3 fully saturated rings. The number of benzene rings is 1. The number of aryl methyl sites for hydroxylation is 1. The minimum absolute atomic E-state index is 0.00615. The summed E-state index contributed by atoms with van der Waals surface area (Å²) in [5.74, 6) is 3.41. The van der Waals surface area contributed by atoms with Crippen LogP contribution in [0.1, 0.15) is 19.0 Å². The number of aromatic nitrogens is 2. The molecule has 1 aromatic carbocycles. The van der Waals surface area contributed by atoms with Crippen molar-refractivity contribution in [2.45, 2.75) is 31.8 Å². The summed E-state index contributed by atoms with van der Waals surface area (Å²) in [6.45, 7) is 7.99. The molecule has 0 spiro atoms. The van der Waals surface area contributed by atoms with Crippen LogP contribution in [0, 0.1) is 0 Å². The van der Waals surface area contributed by atoms with E-state index in [1.54, 1.807) is 0 Å². The molecule has 8 heteroatoms. The Hall–Kier alpha value is -2.03. The van der Waals surface area contributed by atoms with Gasteiger partial charge in [-0.15, -0.1) is 11.8 Å². The van der Waals surface area contributed by atoms with Crippen molar-refractivity contribution in [2.75, 3.05) is 55.8 Å². The number of anilines is 1. The summed E-state index contributed by atoms with van der Waals surface area (Å²) < 4.78 is 2.09. The molecule has 2 atom stereocenters. The minimum Gasteiger partial charge on any atom is -0.354 e. The van der Waals surface area contributed by atoms with E-state index in [0.29, 0.717) is 11.9 Å². The smallest absolute Gasteiger partial charge is 0.240 e. The predicted octanol–water partition coefficient (Wildman–Crippen LogP) is 1.82. The van der Waals surface area contributed by atoms with Crippen molar-refractivity contribution < 1.29 is 4.79 Å². The topological polar surface area (TPSA) is 56.6 Å². The second kappa shape index (κ2) is 9.22. The maximum atomic E-state index is 12.7. The van der Waals surface area contributed by atoms with Gasteiger partial charge < -0.3 is 15.1 Å². The molecule has 5 rings (SSSR count). The van der Waals surface area contributed by atoms with Gasteiger partial charge in [-0.3, -0.25) is 9.69 Å². The zero-order valence-corrected chi connectivity index (χ0v) is 19.1. The number of thioether (sulfide) groups is 1. The zero-order valence-electron chi connectivity index (χ0n) is 18.2. The molecular weight excluding hydrogens is 408 g/mol. The van der Waals surface area contributed by atoms with Crippen LogP contribution in [0.5, 0.6) is 0 Å². The van der Waals surface area contributed by atoms with Crippen molar-refractivity contribution in [2.24, 2.45) is 0 Å². The number of carbonyl (C=O) groups excluding carboxylic acids is 1. The van der Waals surface area contributed by atoms with Gasteiger partial charge in [0.15, 0.2) is 0 Å². The molecular formula is C23H32N6OS. The molecule has 0 bridgehead atoms. The molecule has 2 aromatic rings. The first kappa shape index (κ1) is 20.8. The summed E-state index contributed by atoms with van der Waals surface area (Å²) in [7, 11) is 0. The van der Waals surface area contributed by atoms with Crippen molar-refractivity contribution in [3.63, 3.8) is 0 Å². The number of amides is 1. The Morgan fingerprint density at radius 2 is 1.97 bits per heavy atom. The van der Waals surface area contributed by atoms with Crippen molar-refractivity contribution in [3.05, 3.63) is 42.1 Å². The van der Waals surface area contributed by atoms with Gasteiger partial charge in [-0.2, -0.15) is 5.10 Å². The lowest BCUT2D eigenvalue weighted by Gasteiger charge is -2.38. The quantitative estimate of drug-likeness (QED) is 0.766. The summed E-state index contributed by atoms with van der Waals surface area (Å²) in [6, 6.07) is 13.1. The molecule has 4 heterocycles. The van der Waals surface area contributed by atoms with Crippen molar-refractivity contribution in [1.82, 2.24) is 24.9 Å². The fourth-order valence-electron chi connectivity index (χ4n) is 4.88. The second-order valence-corrected chi connectivity index (χ2v) is 9.68. The highest BCUT2D eigenvalue weighted by Gasteiger charge is 2.37. The lowest BCUT2D eigenvalue weighted by molar-refractivity contribution is -0.131. The first-order valence-electron chi connectivity index (χ1n) is 11.5. The highest BCUT2D eigenvalue weighted by Crippen LogP contribution is 2.25. The Morgan fingerprint density at radius 3 is 2.68 bits per heavy atom. The Balaban J connectivity index is 1.21. The maximum Gasteiger partial charge on any atom is 0.240 e. The van der Waals surface area contributed by atoms with E-state index in [9.17, 15) is 4.79 Å². The Kier molecular flexibility index (Phi) is 6.20. The lowest BCUT2D eigenvalue weighted by atomic mass is 10.1. The Morgan fingerprint density at radius 1 is 1.16 bits per heavy atom. The molecule has 0 saturated carbocycles. The van der Waals surface area contributed by atoms with Gasteiger partial charge in [0.1, 0.15) is 5.82 Å². The average molecular weight is 441 g/mol. The van der Waals surface area contributed by atoms with Crippen LogP contribution in [0.15, 0.2) is 36.4 Å². The average Bonchev–Trinajstić information content (AvgIpc) is 3.60. The van der Waals surface area contributed by atoms with Gasteiger partial charge in [0, 0.05) is 57.1 Å². The lowest BCUT2D eigenvalue weighted by Crippen LogP contribution is -2.51. The number of piperazine rings is 1. The molecule has 1 aromatic heterocycles. The molecule has 166 valence electrons. The number of hydrogen-bond donors (Lipinski definition) is 1. The summed E-state index contributed by atoms with van der Waals surface area (Å²) >= 11 is 1.85. The Labute approximate surface area is 188 Å². The first-order valence-corrected chi connectivity index (χ1v) is 12.6. The van der Waals surface area contributed by atoms with Gasteiger partial charge in [-0.05, 0) is 25.0 Å². The zero-order chi connectivity index (χ0) is 21.2. The number of nitrogens with one attached hydrogen (secondary N) is 1. The molecule has 1 N–H and O–H groups in total. The van der Waals surface area contributed by atoms with E-state index in [2.05, 4.69) is 57.1 Å². The first-order chi connectivity index (χ1) is 15.2. The summed E-state index contributed by atoms with van der Waals surface area (Å²) in [5, 5.41) is 8.34. The molecule has 0 unspecified atom stereocenters. The van der Waals surface area contributed by atoms with Gasteiger partial charge in [-0.1, -0.05) is 25.1 Å². The van der Waals surface area contributed by atoms with Crippen LogP contribution in [-0.2, 0) is 11.2 Å². The van der Waals surface area contributed by atoms with Gasteiger partial charge >= 0.3 is 0 Å². The van der Waals surface area contributed by atoms with E-state index >= 15 is 0 Å². The van der Waals surface area contributed by atoms with Crippen LogP contribution in [-0.4, -0.2) is 88.5 Å². The van der Waals surface area contributed by atoms with Gasteiger partial charge in [0.05, 0.1) is 23.3 Å². The molecule has 7 nitrogen and oxygen atoms in total. The molecule has 31 heavy (non-hydrogen) atoms. The van der Waals surface area contributed by atoms with Gasteiger partial charge in [0.25, 0.3) is 0 Å². The fraction of sp³-hybridized carbons (Fsp3) is 0.565. The van der Waals surface area contributed by atoms with E-state index in [0.717, 1.165) is 75.1 Å². The molecule has 0 aliphatic carbocycles. The van der Waals surface area contributed by atoms with Crippen LogP contribution in [0.2, 0.25) is 0 Å². The Bertz CT molecular complexity index is 889. The van der Waals surface area contributed by atoms with Crippen LogP contribution in [0.4, 0.5) is 5.82 Å². The van der Waals surface area contributed by atoms with E-state index in [1.807, 2.05) is 22.7 Å². The maximum absolute atomic E-state index is 12.7. The van der Waals surface area contributed by atoms with Crippen molar-refractivity contribution in [3.8, 4) is 5.69 Å². The van der Waals surface area contributed by atoms with E-state index in [4.69, 9.17) is 5.10 Å². The molecule has 1 amide bonds. The number of hydrogen-bond acceptors (Lipinski definition) is 6. The largest absolute Gasteiger partial charge is 0.354 e. The van der Waals surface area contributed by atoms with Crippen molar-refractivity contribution in [1.29, 1.82) is 0 Å². The number of para-hydroxylation sites is 1. The number of nitrogens with zero attached hydrogens (tertiary/aromatic N) is 5. The molecule has 3 saturated heterocycles. The minimum atomic E-state index is -0.00615. The summed E-state index contributed by atoms with van der Waals surface area (Å²) in [5.41, 5.74) is 2.24. The van der Waals surface area contributed by atoms with E-state index in [-0.39, 0.29) is 6.04 Å². The van der Waals surface area contributed by atoms with Crippen LogP contribution >= 0.6 is 11.8 Å². The number of carbonyl (C=O) groups is 1. The van der Waals surface area contributed by atoms with Crippen LogP contribution < -0.4 is 10.2 Å². The van der Waals surface area contributed by atoms with E-state index < -0.39 is 0 Å². The third-order valence-electron chi connectivity index (χ3n) is 6.73. The standard InChI is InChI=1S/C23H32N6OS/c1-2-18-14-22(29(25-18)19-6-4-3-5-7-19)27-10-8-26(9-11-27)20-15-21(24-16-20)23(30)28-12-13-31-17-28/h3-7,14,20-21,24H,2,8-13,15-17H2,1H3/t20-,21-/m0/s1. The van der Waals surface area contributed by atoms with Gasteiger partial charge in [0.2, 0.25) is 5.91 Å². The van der Waals surface area contributed by atoms with Gasteiger partial charge in [-0.25, -0.2) is 4.68 Å². The van der Waals surface area contributed by atoms with Crippen LogP contribution in [0.3, 0.4) is 0 Å². The monoisotopic (exact) mass is 440 g/mol. The molecule has 3 aliphatic heterocycles. The highest BCUT2D eigenvalue weighted by molar-refractivity contribution is 7.99. The number of rotatable bonds is 5. The van der Waals surface area contributed by atoms with Crippen molar-refractivity contribution >= 4 is 23.5 Å². The predicted molar refractivity (Wildman–Crippen MR) is 126 cm³/mol. The third-order valence-corrected chi connectivity index (χ3v) is 7.69. The van der Waals surface area contributed by atoms with Crippen LogP contribution in [0.25, 0.3) is 5.69 Å². The second-order valence-electron chi connectivity index (χ2n) is 8.61. The highest BCUT2D eigenvalue weighted by atomic mass is 32.2. The summed E-state index contributed by atoms with van der Waals surface area (Å²) in [4.78, 5) is 19.8. The summed E-state index contributed by atoms with van der Waals surface area (Å²) in [6.07, 6.45) is 1.87. The normalized spacial score (nSPS) is 24.8. The molecule has 0 radical (unpaired) electrons. The fourth-order valence-corrected chi connectivity index (χ4v) is 5.84. The third kappa shape index (κ3) is 4.33.